The third-order valence-electron chi connectivity index (χ3n) is 6.38. The summed E-state index contributed by atoms with van der Waals surface area (Å²) in [5.41, 5.74) is 0.889. The average Bonchev–Trinajstić information content (AvgIpc) is 3.09. The molecule has 0 aliphatic carbocycles. The molecule has 264 valence electrons. The Labute approximate surface area is 287 Å². The Morgan fingerprint density at radius 3 is 1.46 bits per heavy atom. The topological polar surface area (TPSA) is 176 Å². The van der Waals surface area contributed by atoms with Crippen molar-refractivity contribution in [2.75, 3.05) is 26.4 Å². The SMILES string of the molecule is C=CC(=O)OCCCCOC(=O)Oc1ccc(C(=O)Oc2ccc(OC(=O)c3ccc(OC(=O)OCCCCOC(C)=O)cc3)c(C)c2)cc1. The molecule has 0 N–H and O–H groups in total. The predicted octanol–water partition coefficient (Wildman–Crippen LogP) is 6.32. The zero-order valence-electron chi connectivity index (χ0n) is 27.5. The fourth-order valence-electron chi connectivity index (χ4n) is 3.86. The van der Waals surface area contributed by atoms with Crippen molar-refractivity contribution in [1.29, 1.82) is 0 Å². The van der Waals surface area contributed by atoms with Crippen LogP contribution in [0.25, 0.3) is 0 Å². The minimum atomic E-state index is -0.925. The van der Waals surface area contributed by atoms with E-state index in [9.17, 15) is 28.8 Å². The summed E-state index contributed by atoms with van der Waals surface area (Å²) in [6.07, 6.45) is 1.20. The van der Waals surface area contributed by atoms with E-state index in [0.29, 0.717) is 31.2 Å². The highest BCUT2D eigenvalue weighted by Crippen LogP contribution is 2.26. The molecule has 0 spiro atoms. The van der Waals surface area contributed by atoms with Crippen LogP contribution in [0, 0.1) is 6.92 Å². The van der Waals surface area contributed by atoms with Crippen molar-refractivity contribution in [3.05, 3.63) is 96.1 Å². The molecule has 0 aliphatic rings. The van der Waals surface area contributed by atoms with E-state index in [1.165, 1.54) is 73.7 Å². The number of unbranched alkanes of at least 4 members (excludes halogenated alkanes) is 2. The van der Waals surface area contributed by atoms with Crippen LogP contribution in [0.3, 0.4) is 0 Å². The van der Waals surface area contributed by atoms with Crippen molar-refractivity contribution < 1.29 is 66.7 Å². The summed E-state index contributed by atoms with van der Waals surface area (Å²) in [5.74, 6) is -1.50. The average molecular weight is 693 g/mol. The van der Waals surface area contributed by atoms with E-state index in [0.717, 1.165) is 6.08 Å². The van der Waals surface area contributed by atoms with E-state index in [4.69, 9.17) is 37.9 Å². The van der Waals surface area contributed by atoms with Crippen molar-refractivity contribution >= 4 is 36.2 Å². The van der Waals surface area contributed by atoms with Crippen molar-refractivity contribution in [2.24, 2.45) is 0 Å². The number of rotatable bonds is 17. The fourth-order valence-corrected chi connectivity index (χ4v) is 3.86. The van der Waals surface area contributed by atoms with Gasteiger partial charge in [0.05, 0.1) is 37.6 Å². The molecule has 14 heteroatoms. The smallest absolute Gasteiger partial charge is 0.466 e. The van der Waals surface area contributed by atoms with E-state index < -0.39 is 30.2 Å². The molecule has 0 atom stereocenters. The molecule has 0 radical (unpaired) electrons. The first-order valence-electron chi connectivity index (χ1n) is 15.4. The first-order valence-corrected chi connectivity index (χ1v) is 15.4. The molecule has 14 nitrogen and oxygen atoms in total. The highest BCUT2D eigenvalue weighted by Gasteiger charge is 2.15. The summed E-state index contributed by atoms with van der Waals surface area (Å²) in [4.78, 5) is 70.8. The maximum atomic E-state index is 12.7. The van der Waals surface area contributed by atoms with Gasteiger partial charge in [-0.05, 0) is 105 Å². The Bertz CT molecular complexity index is 1640. The van der Waals surface area contributed by atoms with Crippen LogP contribution in [0.5, 0.6) is 23.0 Å². The molecule has 0 aliphatic heterocycles. The molecule has 0 unspecified atom stereocenters. The van der Waals surface area contributed by atoms with Crippen molar-refractivity contribution in [1.82, 2.24) is 0 Å². The number of hydrogen-bond acceptors (Lipinski definition) is 14. The molecule has 0 amide bonds. The summed E-state index contributed by atoms with van der Waals surface area (Å²) in [6.45, 7) is 6.85. The van der Waals surface area contributed by atoms with Gasteiger partial charge in [0.1, 0.15) is 23.0 Å². The van der Waals surface area contributed by atoms with Gasteiger partial charge in [-0.25, -0.2) is 24.0 Å². The zero-order chi connectivity index (χ0) is 36.3. The molecule has 0 saturated heterocycles. The molecule has 3 aromatic rings. The Balaban J connectivity index is 1.41. The summed E-state index contributed by atoms with van der Waals surface area (Å²) in [6, 6.07) is 15.8. The Morgan fingerprint density at radius 2 is 1.00 bits per heavy atom. The lowest BCUT2D eigenvalue weighted by molar-refractivity contribution is -0.141. The molecule has 3 aromatic carbocycles. The van der Waals surface area contributed by atoms with Crippen LogP contribution in [0.4, 0.5) is 9.59 Å². The van der Waals surface area contributed by atoms with E-state index in [1.807, 2.05) is 0 Å². The van der Waals surface area contributed by atoms with Gasteiger partial charge in [0.2, 0.25) is 0 Å². The van der Waals surface area contributed by atoms with Gasteiger partial charge >= 0.3 is 36.2 Å². The second kappa shape index (κ2) is 20.2. The van der Waals surface area contributed by atoms with Crippen LogP contribution < -0.4 is 18.9 Å². The van der Waals surface area contributed by atoms with Gasteiger partial charge < -0.3 is 37.9 Å². The van der Waals surface area contributed by atoms with Gasteiger partial charge in [-0.15, -0.1) is 0 Å². The van der Waals surface area contributed by atoms with Crippen LogP contribution in [0.1, 0.15) is 58.9 Å². The monoisotopic (exact) mass is 692 g/mol. The van der Waals surface area contributed by atoms with Gasteiger partial charge in [-0.3, -0.25) is 4.79 Å². The number of hydrogen-bond donors (Lipinski definition) is 0. The maximum Gasteiger partial charge on any atom is 0.513 e. The Hall–Kier alpha value is -6.18. The van der Waals surface area contributed by atoms with Crippen LogP contribution in [-0.2, 0) is 28.5 Å². The zero-order valence-corrected chi connectivity index (χ0v) is 27.5. The summed E-state index contributed by atoms with van der Waals surface area (Å²) >= 11 is 0. The van der Waals surface area contributed by atoms with Crippen LogP contribution >= 0.6 is 0 Å². The molecule has 0 bridgehead atoms. The summed E-state index contributed by atoms with van der Waals surface area (Å²) in [5, 5.41) is 0. The molecular weight excluding hydrogens is 656 g/mol. The van der Waals surface area contributed by atoms with Gasteiger partial charge in [0.25, 0.3) is 0 Å². The lowest BCUT2D eigenvalue weighted by Gasteiger charge is -2.11. The standard InChI is InChI=1S/C36H36O14/c1-4-32(38)44-20-6-8-22-46-36(42)48-28-13-9-26(10-14-28)33(39)47-30-17-18-31(24(2)23-30)50-34(40)27-11-15-29(16-12-27)49-35(41)45-21-7-5-19-43-25(3)37/h4,9-18,23H,1,5-8,19-22H2,2-3H3. The van der Waals surface area contributed by atoms with E-state index in [2.05, 4.69) is 6.58 Å². The van der Waals surface area contributed by atoms with Crippen LogP contribution in [-0.4, -0.2) is 62.6 Å². The number of benzene rings is 3. The van der Waals surface area contributed by atoms with Crippen molar-refractivity contribution in [3.63, 3.8) is 0 Å². The number of esters is 4. The fraction of sp³-hybridized carbons (Fsp3) is 0.278. The van der Waals surface area contributed by atoms with Crippen LogP contribution in [0.2, 0.25) is 0 Å². The first kappa shape index (κ1) is 38.3. The molecule has 50 heavy (non-hydrogen) atoms. The van der Waals surface area contributed by atoms with E-state index in [-0.39, 0.29) is 66.5 Å². The van der Waals surface area contributed by atoms with Gasteiger partial charge in [0, 0.05) is 13.0 Å². The third-order valence-corrected chi connectivity index (χ3v) is 6.38. The van der Waals surface area contributed by atoms with Gasteiger partial charge in [-0.2, -0.15) is 0 Å². The summed E-state index contributed by atoms with van der Waals surface area (Å²) in [7, 11) is 0. The quantitative estimate of drug-likeness (QED) is 0.0384. The first-order chi connectivity index (χ1) is 24.0. The normalized spacial score (nSPS) is 10.2. The van der Waals surface area contributed by atoms with Gasteiger partial charge in [-0.1, -0.05) is 6.58 Å². The lowest BCUT2D eigenvalue weighted by Crippen LogP contribution is -2.13. The summed E-state index contributed by atoms with van der Waals surface area (Å²) < 4.78 is 40.6. The third kappa shape index (κ3) is 13.9. The number of ether oxygens (including phenoxy) is 8. The predicted molar refractivity (Wildman–Crippen MR) is 174 cm³/mol. The second-order valence-electron chi connectivity index (χ2n) is 10.3. The number of carbonyl (C=O) groups is 6. The Morgan fingerprint density at radius 1 is 0.560 bits per heavy atom. The second-order valence-corrected chi connectivity index (χ2v) is 10.3. The minimum absolute atomic E-state index is 0.0681. The molecular formula is C36H36O14. The van der Waals surface area contributed by atoms with Crippen molar-refractivity contribution in [2.45, 2.75) is 39.5 Å². The molecule has 0 aromatic heterocycles. The Kier molecular flexibility index (Phi) is 15.5. The van der Waals surface area contributed by atoms with Gasteiger partial charge in [0.15, 0.2) is 0 Å². The maximum absolute atomic E-state index is 12.7. The minimum Gasteiger partial charge on any atom is -0.466 e. The molecule has 0 heterocycles. The lowest BCUT2D eigenvalue weighted by atomic mass is 10.2. The highest BCUT2D eigenvalue weighted by molar-refractivity contribution is 5.92. The molecule has 0 saturated carbocycles. The highest BCUT2D eigenvalue weighted by atomic mass is 16.7. The number of aryl methyl sites for hydroxylation is 1. The van der Waals surface area contributed by atoms with E-state index in [1.54, 1.807) is 6.92 Å². The molecule has 0 fully saturated rings. The largest absolute Gasteiger partial charge is 0.513 e. The molecule has 3 rings (SSSR count). The number of carbonyl (C=O) groups excluding carboxylic acids is 6. The van der Waals surface area contributed by atoms with E-state index >= 15 is 0 Å². The van der Waals surface area contributed by atoms with Crippen molar-refractivity contribution in [3.8, 4) is 23.0 Å². The van der Waals surface area contributed by atoms with Crippen LogP contribution in [0.15, 0.2) is 79.4 Å².